The van der Waals surface area contributed by atoms with E-state index in [0.717, 1.165) is 11.0 Å². The molecular formula is C15H19N5O2. The summed E-state index contributed by atoms with van der Waals surface area (Å²) < 4.78 is 0. The minimum absolute atomic E-state index is 0.0318. The first kappa shape index (κ1) is 14.5. The van der Waals surface area contributed by atoms with Gasteiger partial charge in [-0.25, -0.2) is 9.97 Å². The lowest BCUT2D eigenvalue weighted by Gasteiger charge is -2.36. The van der Waals surface area contributed by atoms with Gasteiger partial charge in [-0.3, -0.25) is 4.79 Å². The Hall–Kier alpha value is -2.41. The molecule has 7 nitrogen and oxygen atoms in total. The van der Waals surface area contributed by atoms with Crippen molar-refractivity contribution in [3.63, 3.8) is 0 Å². The number of aliphatic hydroxyl groups excluding tert-OH is 1. The van der Waals surface area contributed by atoms with E-state index in [2.05, 4.69) is 20.3 Å². The molecule has 0 saturated carbocycles. The highest BCUT2D eigenvalue weighted by molar-refractivity contribution is 5.88. The Morgan fingerprint density at radius 3 is 3.23 bits per heavy atom. The van der Waals surface area contributed by atoms with Gasteiger partial charge in [0.05, 0.1) is 17.5 Å². The van der Waals surface area contributed by atoms with Gasteiger partial charge in [-0.15, -0.1) is 0 Å². The Balaban J connectivity index is 1.78. The van der Waals surface area contributed by atoms with Gasteiger partial charge in [-0.2, -0.15) is 0 Å². The second kappa shape index (κ2) is 6.15. The molecule has 3 heterocycles. The zero-order valence-corrected chi connectivity index (χ0v) is 12.4. The Bertz CT molecular complexity index is 696. The van der Waals surface area contributed by atoms with Gasteiger partial charge in [0, 0.05) is 19.3 Å². The van der Waals surface area contributed by atoms with Crippen molar-refractivity contribution in [1.29, 1.82) is 0 Å². The van der Waals surface area contributed by atoms with E-state index in [1.807, 2.05) is 13.0 Å². The van der Waals surface area contributed by atoms with Crippen molar-refractivity contribution in [2.24, 2.45) is 0 Å². The smallest absolute Gasteiger partial charge is 0.246 e. The number of H-pyrrole nitrogens is 1. The second-order valence-corrected chi connectivity index (χ2v) is 5.35. The van der Waals surface area contributed by atoms with E-state index in [1.165, 1.54) is 6.33 Å². The second-order valence-electron chi connectivity index (χ2n) is 5.35. The molecule has 1 saturated heterocycles. The topological polar surface area (TPSA) is 94.1 Å². The fraction of sp³-hybridized carbons (Fsp3) is 0.400. The molecule has 1 amide bonds. The van der Waals surface area contributed by atoms with Crippen LogP contribution in [-0.4, -0.2) is 56.1 Å². The zero-order valence-electron chi connectivity index (χ0n) is 12.4. The highest BCUT2D eigenvalue weighted by atomic mass is 16.3. The summed E-state index contributed by atoms with van der Waals surface area (Å²) in [6, 6.07) is 1.63. The van der Waals surface area contributed by atoms with Gasteiger partial charge in [0.15, 0.2) is 0 Å². The number of hydrogen-bond acceptors (Lipinski definition) is 5. The lowest BCUT2D eigenvalue weighted by molar-refractivity contribution is -0.128. The van der Waals surface area contributed by atoms with Crippen LogP contribution < -0.4 is 5.32 Å². The molecule has 2 atom stereocenters. The quantitative estimate of drug-likeness (QED) is 0.733. The average Bonchev–Trinajstić information content (AvgIpc) is 2.99. The van der Waals surface area contributed by atoms with Crippen molar-refractivity contribution in [3.05, 3.63) is 30.7 Å². The van der Waals surface area contributed by atoms with Gasteiger partial charge in [0.2, 0.25) is 5.91 Å². The molecule has 22 heavy (non-hydrogen) atoms. The lowest BCUT2D eigenvalue weighted by atomic mass is 10.0. The number of likely N-dealkylation sites (tertiary alicyclic amines) is 1. The van der Waals surface area contributed by atoms with Crippen molar-refractivity contribution >= 4 is 22.8 Å². The molecule has 2 aromatic heterocycles. The number of aliphatic hydroxyl groups is 1. The molecule has 0 radical (unpaired) electrons. The fourth-order valence-corrected chi connectivity index (χ4v) is 2.69. The minimum atomic E-state index is -0.515. The Morgan fingerprint density at radius 2 is 2.41 bits per heavy atom. The largest absolute Gasteiger partial charge is 0.391 e. The van der Waals surface area contributed by atoms with Gasteiger partial charge < -0.3 is 20.3 Å². The van der Waals surface area contributed by atoms with Crippen LogP contribution in [0.1, 0.15) is 13.3 Å². The summed E-state index contributed by atoms with van der Waals surface area (Å²) >= 11 is 0. The molecule has 0 bridgehead atoms. The van der Waals surface area contributed by atoms with Crippen LogP contribution in [-0.2, 0) is 4.79 Å². The number of rotatable bonds is 3. The lowest BCUT2D eigenvalue weighted by Crippen LogP contribution is -2.52. The van der Waals surface area contributed by atoms with Crippen molar-refractivity contribution in [2.45, 2.75) is 25.5 Å². The normalized spacial score (nSPS) is 22.4. The molecule has 2 aromatic rings. The monoisotopic (exact) mass is 301 g/mol. The first-order valence-corrected chi connectivity index (χ1v) is 7.33. The van der Waals surface area contributed by atoms with Crippen LogP contribution in [0.4, 0.5) is 5.82 Å². The SMILES string of the molecule is CC=CC(=O)N1CC[C@@H](O)[C@@H](Nc2ncnc3[nH]ccc23)C1. The Labute approximate surface area is 128 Å². The molecule has 0 aliphatic carbocycles. The number of aromatic amines is 1. The van der Waals surface area contributed by atoms with Gasteiger partial charge in [0.1, 0.15) is 17.8 Å². The van der Waals surface area contributed by atoms with Crippen LogP contribution in [0.3, 0.4) is 0 Å². The van der Waals surface area contributed by atoms with Crippen LogP contribution in [0.25, 0.3) is 11.0 Å². The van der Waals surface area contributed by atoms with Crippen LogP contribution in [0.5, 0.6) is 0 Å². The average molecular weight is 301 g/mol. The predicted molar refractivity (Wildman–Crippen MR) is 83.3 cm³/mol. The maximum absolute atomic E-state index is 12.0. The van der Waals surface area contributed by atoms with E-state index in [9.17, 15) is 9.90 Å². The molecule has 3 N–H and O–H groups in total. The van der Waals surface area contributed by atoms with Crippen LogP contribution >= 0.6 is 0 Å². The van der Waals surface area contributed by atoms with Crippen LogP contribution in [0.15, 0.2) is 30.7 Å². The Morgan fingerprint density at radius 1 is 1.55 bits per heavy atom. The van der Waals surface area contributed by atoms with E-state index in [0.29, 0.717) is 25.3 Å². The highest BCUT2D eigenvalue weighted by Gasteiger charge is 2.30. The van der Waals surface area contributed by atoms with Crippen molar-refractivity contribution < 1.29 is 9.90 Å². The fourth-order valence-electron chi connectivity index (χ4n) is 2.69. The van der Waals surface area contributed by atoms with E-state index in [4.69, 9.17) is 0 Å². The molecule has 0 aromatic carbocycles. The van der Waals surface area contributed by atoms with Gasteiger partial charge in [-0.05, 0) is 25.5 Å². The number of carbonyl (C=O) groups excluding carboxylic acids is 1. The third-order valence-electron chi connectivity index (χ3n) is 3.87. The molecular weight excluding hydrogens is 282 g/mol. The molecule has 0 spiro atoms. The van der Waals surface area contributed by atoms with Crippen molar-refractivity contribution in [3.8, 4) is 0 Å². The predicted octanol–water partition coefficient (Wildman–Crippen LogP) is 0.908. The maximum Gasteiger partial charge on any atom is 0.246 e. The van der Waals surface area contributed by atoms with Crippen molar-refractivity contribution in [2.75, 3.05) is 18.4 Å². The minimum Gasteiger partial charge on any atom is -0.391 e. The summed E-state index contributed by atoms with van der Waals surface area (Å²) in [7, 11) is 0. The number of nitrogens with one attached hydrogen (secondary N) is 2. The molecule has 1 aliphatic heterocycles. The van der Waals surface area contributed by atoms with Gasteiger partial charge >= 0.3 is 0 Å². The van der Waals surface area contributed by atoms with Crippen LogP contribution in [0.2, 0.25) is 0 Å². The summed E-state index contributed by atoms with van der Waals surface area (Å²) in [4.78, 5) is 25.1. The summed E-state index contributed by atoms with van der Waals surface area (Å²) in [5.74, 6) is 0.631. The van der Waals surface area contributed by atoms with E-state index in [-0.39, 0.29) is 11.9 Å². The number of aromatic nitrogens is 3. The van der Waals surface area contributed by atoms with E-state index < -0.39 is 6.10 Å². The Kier molecular flexibility index (Phi) is 4.06. The first-order valence-electron chi connectivity index (χ1n) is 7.33. The summed E-state index contributed by atoms with van der Waals surface area (Å²) in [5.41, 5.74) is 0.740. The number of carbonyl (C=O) groups is 1. The number of allylic oxidation sites excluding steroid dienone is 1. The van der Waals surface area contributed by atoms with Gasteiger partial charge in [-0.1, -0.05) is 6.08 Å². The summed E-state index contributed by atoms with van der Waals surface area (Å²) in [5, 5.41) is 14.3. The molecule has 3 rings (SSSR count). The van der Waals surface area contributed by atoms with E-state index in [1.54, 1.807) is 23.2 Å². The van der Waals surface area contributed by atoms with Crippen molar-refractivity contribution in [1.82, 2.24) is 19.9 Å². The number of nitrogens with zero attached hydrogens (tertiary/aromatic N) is 3. The number of hydrogen-bond donors (Lipinski definition) is 3. The number of piperidine rings is 1. The molecule has 0 unspecified atom stereocenters. The third-order valence-corrected chi connectivity index (χ3v) is 3.87. The molecule has 116 valence electrons. The zero-order chi connectivity index (χ0) is 15.5. The van der Waals surface area contributed by atoms with Crippen LogP contribution in [0, 0.1) is 0 Å². The number of fused-ring (bicyclic) bond motifs is 1. The molecule has 1 fully saturated rings. The molecule has 1 aliphatic rings. The maximum atomic E-state index is 12.0. The van der Waals surface area contributed by atoms with Gasteiger partial charge in [0.25, 0.3) is 0 Å². The summed E-state index contributed by atoms with van der Waals surface area (Å²) in [6.45, 7) is 2.82. The number of amides is 1. The van der Waals surface area contributed by atoms with E-state index >= 15 is 0 Å². The highest BCUT2D eigenvalue weighted by Crippen LogP contribution is 2.21. The standard InChI is InChI=1S/C15H19N5O2/c1-2-3-13(22)20-7-5-12(21)11(8-20)19-15-10-4-6-16-14(10)17-9-18-15/h2-4,6,9,11-12,21H,5,7-8H2,1H3,(H2,16,17,18,19)/t11-,12+/m0/s1. The number of anilines is 1. The molecule has 7 heteroatoms. The third kappa shape index (κ3) is 2.80. The first-order chi connectivity index (χ1) is 10.7. The summed E-state index contributed by atoms with van der Waals surface area (Å²) in [6.07, 6.45) is 6.57.